The maximum atomic E-state index is 12.9. The van der Waals surface area contributed by atoms with Gasteiger partial charge in [-0.2, -0.15) is 13.2 Å². The second-order valence-corrected chi connectivity index (χ2v) is 6.00. The van der Waals surface area contributed by atoms with Crippen LogP contribution in [0.15, 0.2) is 48.7 Å². The summed E-state index contributed by atoms with van der Waals surface area (Å²) in [4.78, 5) is 15.3. The molecular weight excluding hydrogens is 315 g/mol. The van der Waals surface area contributed by atoms with Crippen molar-refractivity contribution in [1.29, 1.82) is 0 Å². The molecule has 5 heteroatoms. The van der Waals surface area contributed by atoms with Crippen molar-refractivity contribution in [2.75, 3.05) is 0 Å². The van der Waals surface area contributed by atoms with Crippen LogP contribution in [0.2, 0.25) is 0 Å². The number of benzene rings is 2. The molecule has 0 saturated heterocycles. The van der Waals surface area contributed by atoms with Crippen molar-refractivity contribution in [3.63, 3.8) is 0 Å². The lowest BCUT2D eigenvalue weighted by Crippen LogP contribution is -2.10. The number of halogens is 3. The van der Waals surface area contributed by atoms with Gasteiger partial charge in [0.2, 0.25) is 0 Å². The van der Waals surface area contributed by atoms with Crippen LogP contribution in [0.25, 0.3) is 10.9 Å². The minimum absolute atomic E-state index is 0.00403. The Labute approximate surface area is 137 Å². The zero-order valence-corrected chi connectivity index (χ0v) is 13.1. The van der Waals surface area contributed by atoms with E-state index in [2.05, 4.69) is 4.98 Å². The van der Waals surface area contributed by atoms with Crippen LogP contribution in [0.1, 0.15) is 22.3 Å². The molecule has 0 aliphatic carbocycles. The fourth-order valence-electron chi connectivity index (χ4n) is 2.86. The minimum atomic E-state index is -4.40. The Bertz CT molecular complexity index is 893. The molecule has 0 bridgehead atoms. The van der Waals surface area contributed by atoms with Crippen LogP contribution in [0.4, 0.5) is 13.2 Å². The molecule has 0 amide bonds. The number of alkyl halides is 3. The number of aromatic amines is 1. The molecule has 0 atom stereocenters. The highest BCUT2D eigenvalue weighted by Crippen LogP contribution is 2.30. The summed E-state index contributed by atoms with van der Waals surface area (Å²) in [5.41, 5.74) is 2.03. The van der Waals surface area contributed by atoms with E-state index in [9.17, 15) is 18.0 Å². The van der Waals surface area contributed by atoms with Gasteiger partial charge >= 0.3 is 6.18 Å². The number of nitrogens with one attached hydrogen (secondary N) is 1. The second-order valence-electron chi connectivity index (χ2n) is 6.00. The highest BCUT2D eigenvalue weighted by atomic mass is 19.4. The predicted molar refractivity (Wildman–Crippen MR) is 86.9 cm³/mol. The SMILES string of the molecule is Cc1cc(CC(=O)Cc2ccc3[nH]ccc3c2)cc(C(F)(F)F)c1. The summed E-state index contributed by atoms with van der Waals surface area (Å²) in [6.45, 7) is 1.60. The smallest absolute Gasteiger partial charge is 0.361 e. The zero-order chi connectivity index (χ0) is 17.3. The second kappa shape index (κ2) is 6.15. The predicted octanol–water partition coefficient (Wildman–Crippen LogP) is 4.85. The standard InChI is InChI=1S/C19H16F3NO/c1-12-6-14(9-16(7-12)19(20,21)22)11-17(24)10-13-2-3-18-15(8-13)4-5-23-18/h2-9,23H,10-11H2,1H3. The van der Waals surface area contributed by atoms with Gasteiger partial charge in [0.25, 0.3) is 0 Å². The third-order valence-corrected chi connectivity index (χ3v) is 3.88. The van der Waals surface area contributed by atoms with Crippen LogP contribution in [0.3, 0.4) is 0 Å². The van der Waals surface area contributed by atoms with E-state index in [1.807, 2.05) is 30.5 Å². The van der Waals surface area contributed by atoms with Gasteiger partial charge in [0, 0.05) is 24.6 Å². The highest BCUT2D eigenvalue weighted by Gasteiger charge is 2.30. The van der Waals surface area contributed by atoms with Gasteiger partial charge in [-0.1, -0.05) is 17.7 Å². The third kappa shape index (κ3) is 3.67. The Morgan fingerprint density at radius 2 is 1.75 bits per heavy atom. The van der Waals surface area contributed by atoms with Crippen LogP contribution in [0.5, 0.6) is 0 Å². The molecule has 2 nitrogen and oxygen atoms in total. The molecular formula is C19H16F3NO. The first-order valence-corrected chi connectivity index (χ1v) is 7.57. The number of rotatable bonds is 4. The fourth-order valence-corrected chi connectivity index (χ4v) is 2.86. The molecule has 3 rings (SSSR count). The van der Waals surface area contributed by atoms with Crippen LogP contribution in [0, 0.1) is 6.92 Å². The number of aromatic nitrogens is 1. The van der Waals surface area contributed by atoms with E-state index >= 15 is 0 Å². The first-order chi connectivity index (χ1) is 11.3. The number of aryl methyl sites for hydroxylation is 1. The lowest BCUT2D eigenvalue weighted by Gasteiger charge is -2.10. The lowest BCUT2D eigenvalue weighted by atomic mass is 9.99. The minimum Gasteiger partial charge on any atom is -0.361 e. The van der Waals surface area contributed by atoms with Crippen LogP contribution in [-0.4, -0.2) is 10.8 Å². The molecule has 0 saturated carbocycles. The van der Waals surface area contributed by atoms with Gasteiger partial charge < -0.3 is 4.98 Å². The molecule has 0 fully saturated rings. The Hall–Kier alpha value is -2.56. The number of carbonyl (C=O) groups excluding carboxylic acids is 1. The molecule has 0 spiro atoms. The quantitative estimate of drug-likeness (QED) is 0.728. The third-order valence-electron chi connectivity index (χ3n) is 3.88. The van der Waals surface area contributed by atoms with Crippen LogP contribution < -0.4 is 0 Å². The van der Waals surface area contributed by atoms with E-state index in [1.54, 1.807) is 13.0 Å². The molecule has 1 aromatic heterocycles. The molecule has 1 N–H and O–H groups in total. The molecule has 0 radical (unpaired) electrons. The van der Waals surface area contributed by atoms with Crippen LogP contribution >= 0.6 is 0 Å². The van der Waals surface area contributed by atoms with E-state index < -0.39 is 11.7 Å². The van der Waals surface area contributed by atoms with Crippen molar-refractivity contribution in [2.24, 2.45) is 0 Å². The summed E-state index contributed by atoms with van der Waals surface area (Å²) in [6, 6.07) is 11.4. The Morgan fingerprint density at radius 3 is 2.50 bits per heavy atom. The summed E-state index contributed by atoms with van der Waals surface area (Å²) < 4.78 is 38.6. The summed E-state index contributed by atoms with van der Waals surface area (Å²) in [7, 11) is 0. The van der Waals surface area contributed by atoms with Gasteiger partial charge in [0.05, 0.1) is 5.56 Å². The van der Waals surface area contributed by atoms with E-state index in [1.165, 1.54) is 0 Å². The molecule has 0 unspecified atom stereocenters. The maximum Gasteiger partial charge on any atom is 0.416 e. The number of Topliss-reactive ketones (excluding diaryl/α,β-unsaturated/α-hetero) is 1. The van der Waals surface area contributed by atoms with Crippen molar-refractivity contribution in [2.45, 2.75) is 25.9 Å². The number of hydrogen-bond donors (Lipinski definition) is 1. The number of ketones is 1. The van der Waals surface area contributed by atoms with E-state index in [-0.39, 0.29) is 18.6 Å². The average molecular weight is 331 g/mol. The van der Waals surface area contributed by atoms with Gasteiger partial charge in [0.15, 0.2) is 0 Å². The highest BCUT2D eigenvalue weighted by molar-refractivity contribution is 5.86. The van der Waals surface area contributed by atoms with Gasteiger partial charge in [0.1, 0.15) is 5.78 Å². The lowest BCUT2D eigenvalue weighted by molar-refractivity contribution is -0.137. The topological polar surface area (TPSA) is 32.9 Å². The fraction of sp³-hybridized carbons (Fsp3) is 0.211. The number of carbonyl (C=O) groups is 1. The van der Waals surface area contributed by atoms with Gasteiger partial charge in [-0.25, -0.2) is 0 Å². The molecule has 0 aliphatic heterocycles. The first-order valence-electron chi connectivity index (χ1n) is 7.57. The monoisotopic (exact) mass is 331 g/mol. The van der Waals surface area contributed by atoms with Crippen molar-refractivity contribution in [1.82, 2.24) is 4.98 Å². The molecule has 2 aromatic carbocycles. The molecule has 24 heavy (non-hydrogen) atoms. The van der Waals surface area contributed by atoms with Gasteiger partial charge in [-0.3, -0.25) is 4.79 Å². The average Bonchev–Trinajstić information content (AvgIpc) is 2.93. The normalized spacial score (nSPS) is 11.8. The van der Waals surface area contributed by atoms with E-state index in [0.29, 0.717) is 11.1 Å². The summed E-state index contributed by atoms with van der Waals surface area (Å²) >= 11 is 0. The van der Waals surface area contributed by atoms with Crippen molar-refractivity contribution in [3.05, 3.63) is 70.9 Å². The molecule has 3 aromatic rings. The summed E-state index contributed by atoms with van der Waals surface area (Å²) in [6.07, 6.45) is -2.38. The summed E-state index contributed by atoms with van der Waals surface area (Å²) in [5.74, 6) is -0.108. The molecule has 124 valence electrons. The van der Waals surface area contributed by atoms with Crippen molar-refractivity contribution in [3.8, 4) is 0 Å². The molecule has 1 heterocycles. The van der Waals surface area contributed by atoms with Gasteiger partial charge in [-0.15, -0.1) is 0 Å². The van der Waals surface area contributed by atoms with E-state index in [4.69, 9.17) is 0 Å². The van der Waals surface area contributed by atoms with Crippen LogP contribution in [-0.2, 0) is 23.8 Å². The summed E-state index contributed by atoms with van der Waals surface area (Å²) in [5, 5.41) is 1.01. The number of fused-ring (bicyclic) bond motifs is 1. The Kier molecular flexibility index (Phi) is 4.18. The van der Waals surface area contributed by atoms with Crippen molar-refractivity contribution < 1.29 is 18.0 Å². The number of H-pyrrole nitrogens is 1. The van der Waals surface area contributed by atoms with Crippen molar-refractivity contribution >= 4 is 16.7 Å². The van der Waals surface area contributed by atoms with E-state index in [0.717, 1.165) is 28.6 Å². The Morgan fingerprint density at radius 1 is 1.00 bits per heavy atom. The maximum absolute atomic E-state index is 12.9. The zero-order valence-electron chi connectivity index (χ0n) is 13.1. The first kappa shape index (κ1) is 16.3. The van der Waals surface area contributed by atoms with Gasteiger partial charge in [-0.05, 0) is 53.8 Å². The molecule has 0 aliphatic rings. The number of hydrogen-bond acceptors (Lipinski definition) is 1. The Balaban J connectivity index is 1.75. The largest absolute Gasteiger partial charge is 0.416 e.